The highest BCUT2D eigenvalue weighted by Gasteiger charge is 2.25. The second kappa shape index (κ2) is 4.99. The molecular weight excluding hydrogens is 160 g/mol. The van der Waals surface area contributed by atoms with Gasteiger partial charge < -0.3 is 4.74 Å². The second-order valence-electron chi connectivity index (χ2n) is 4.98. The molecule has 13 heavy (non-hydrogen) atoms. The van der Waals surface area contributed by atoms with E-state index in [1.54, 1.807) is 0 Å². The SMILES string of the molecule is CC(C)[CH]C(CC1COC1)C(C)C. The third-order valence-corrected chi connectivity index (χ3v) is 2.80. The molecule has 0 aliphatic carbocycles. The minimum atomic E-state index is 0.716. The van der Waals surface area contributed by atoms with E-state index in [4.69, 9.17) is 4.74 Å². The van der Waals surface area contributed by atoms with E-state index in [1.807, 2.05) is 0 Å². The van der Waals surface area contributed by atoms with Crippen LogP contribution >= 0.6 is 0 Å². The Bertz CT molecular complexity index is 136. The molecule has 1 heteroatoms. The summed E-state index contributed by atoms with van der Waals surface area (Å²) in [6, 6.07) is 0. The topological polar surface area (TPSA) is 9.23 Å². The molecule has 1 saturated heterocycles. The molecule has 1 aliphatic rings. The van der Waals surface area contributed by atoms with E-state index in [0.29, 0.717) is 5.92 Å². The van der Waals surface area contributed by atoms with Crippen molar-refractivity contribution in [2.24, 2.45) is 23.7 Å². The summed E-state index contributed by atoms with van der Waals surface area (Å²) in [6.45, 7) is 11.2. The molecule has 1 rings (SSSR count). The summed E-state index contributed by atoms with van der Waals surface area (Å²) in [6.07, 6.45) is 3.83. The predicted octanol–water partition coefficient (Wildman–Crippen LogP) is 3.16. The molecule has 1 fully saturated rings. The smallest absolute Gasteiger partial charge is 0.0516 e. The first-order valence-electron chi connectivity index (χ1n) is 5.52. The maximum Gasteiger partial charge on any atom is 0.0516 e. The van der Waals surface area contributed by atoms with Crippen LogP contribution in [0.4, 0.5) is 0 Å². The number of rotatable bonds is 5. The lowest BCUT2D eigenvalue weighted by Crippen LogP contribution is -2.31. The fourth-order valence-electron chi connectivity index (χ4n) is 1.87. The number of ether oxygens (including phenoxy) is 1. The largest absolute Gasteiger partial charge is 0.381 e. The molecule has 0 spiro atoms. The van der Waals surface area contributed by atoms with Crippen molar-refractivity contribution in [1.82, 2.24) is 0 Å². The van der Waals surface area contributed by atoms with Gasteiger partial charge in [-0.1, -0.05) is 27.7 Å². The first kappa shape index (κ1) is 11.0. The van der Waals surface area contributed by atoms with Crippen LogP contribution in [0.15, 0.2) is 0 Å². The van der Waals surface area contributed by atoms with Crippen LogP contribution in [0, 0.1) is 30.1 Å². The van der Waals surface area contributed by atoms with Crippen molar-refractivity contribution in [3.8, 4) is 0 Å². The minimum Gasteiger partial charge on any atom is -0.381 e. The van der Waals surface area contributed by atoms with Crippen molar-refractivity contribution in [3.05, 3.63) is 6.42 Å². The van der Waals surface area contributed by atoms with Gasteiger partial charge in [0.05, 0.1) is 13.2 Å². The van der Waals surface area contributed by atoms with Crippen LogP contribution in [0.3, 0.4) is 0 Å². The van der Waals surface area contributed by atoms with E-state index >= 15 is 0 Å². The van der Waals surface area contributed by atoms with Crippen molar-refractivity contribution >= 4 is 0 Å². The molecule has 1 heterocycles. The fourth-order valence-corrected chi connectivity index (χ4v) is 1.87. The molecule has 1 radical (unpaired) electrons. The average molecular weight is 183 g/mol. The first-order valence-corrected chi connectivity index (χ1v) is 5.52. The molecule has 0 bridgehead atoms. The number of hydrogen-bond donors (Lipinski definition) is 0. The van der Waals surface area contributed by atoms with Gasteiger partial charge in [-0.25, -0.2) is 0 Å². The van der Waals surface area contributed by atoms with E-state index in [-0.39, 0.29) is 0 Å². The Labute approximate surface area is 82.9 Å². The summed E-state index contributed by atoms with van der Waals surface area (Å²) in [5.74, 6) is 3.12. The lowest BCUT2D eigenvalue weighted by Gasteiger charge is -2.32. The van der Waals surface area contributed by atoms with Crippen LogP contribution in [0.25, 0.3) is 0 Å². The quantitative estimate of drug-likeness (QED) is 0.636. The van der Waals surface area contributed by atoms with Crippen LogP contribution in [-0.2, 0) is 4.74 Å². The Balaban J connectivity index is 2.28. The molecular formula is C12H23O. The van der Waals surface area contributed by atoms with Gasteiger partial charge in [0.25, 0.3) is 0 Å². The van der Waals surface area contributed by atoms with Crippen molar-refractivity contribution in [2.45, 2.75) is 34.1 Å². The van der Waals surface area contributed by atoms with Crippen molar-refractivity contribution in [3.63, 3.8) is 0 Å². The first-order chi connectivity index (χ1) is 6.09. The second-order valence-corrected chi connectivity index (χ2v) is 4.98. The summed E-state index contributed by atoms with van der Waals surface area (Å²) >= 11 is 0. The summed E-state index contributed by atoms with van der Waals surface area (Å²) in [5, 5.41) is 0. The Hall–Kier alpha value is -0.0400. The van der Waals surface area contributed by atoms with Gasteiger partial charge in [0.2, 0.25) is 0 Å². The fraction of sp³-hybridized carbons (Fsp3) is 0.917. The van der Waals surface area contributed by atoms with E-state index in [9.17, 15) is 0 Å². The molecule has 1 aliphatic heterocycles. The van der Waals surface area contributed by atoms with Gasteiger partial charge in [0, 0.05) is 5.92 Å². The van der Waals surface area contributed by atoms with E-state index in [1.165, 1.54) is 6.42 Å². The summed E-state index contributed by atoms with van der Waals surface area (Å²) < 4.78 is 5.21. The highest BCUT2D eigenvalue weighted by Crippen LogP contribution is 2.29. The Morgan fingerprint density at radius 3 is 2.15 bits per heavy atom. The molecule has 0 amide bonds. The van der Waals surface area contributed by atoms with Gasteiger partial charge >= 0.3 is 0 Å². The van der Waals surface area contributed by atoms with E-state index in [2.05, 4.69) is 34.1 Å². The third kappa shape index (κ3) is 3.68. The molecule has 1 atom stereocenters. The third-order valence-electron chi connectivity index (χ3n) is 2.80. The molecule has 0 aromatic carbocycles. The van der Waals surface area contributed by atoms with Crippen LogP contribution in [-0.4, -0.2) is 13.2 Å². The Morgan fingerprint density at radius 2 is 1.85 bits per heavy atom. The van der Waals surface area contributed by atoms with Crippen LogP contribution in [0.2, 0.25) is 0 Å². The maximum absolute atomic E-state index is 5.21. The standard InChI is InChI=1S/C12H23O/c1-9(2)5-12(10(3)4)6-11-7-13-8-11/h5,9-12H,6-8H2,1-4H3. The molecule has 1 unspecified atom stereocenters. The minimum absolute atomic E-state index is 0.716. The van der Waals surface area contributed by atoms with Gasteiger partial charge in [-0.15, -0.1) is 0 Å². The van der Waals surface area contributed by atoms with Gasteiger partial charge in [-0.3, -0.25) is 0 Å². The lowest BCUT2D eigenvalue weighted by molar-refractivity contribution is -0.0435. The van der Waals surface area contributed by atoms with Gasteiger partial charge in [0.15, 0.2) is 0 Å². The highest BCUT2D eigenvalue weighted by molar-refractivity contribution is 4.84. The lowest BCUT2D eigenvalue weighted by atomic mass is 9.80. The monoisotopic (exact) mass is 183 g/mol. The van der Waals surface area contributed by atoms with E-state index in [0.717, 1.165) is 31.0 Å². The molecule has 0 aromatic rings. The number of hydrogen-bond acceptors (Lipinski definition) is 1. The molecule has 0 saturated carbocycles. The average Bonchev–Trinajstić information content (AvgIpc) is 1.92. The maximum atomic E-state index is 5.21. The van der Waals surface area contributed by atoms with Crippen LogP contribution in [0.5, 0.6) is 0 Å². The van der Waals surface area contributed by atoms with Gasteiger partial charge in [-0.2, -0.15) is 0 Å². The zero-order valence-corrected chi connectivity index (χ0v) is 9.42. The molecule has 1 nitrogen and oxygen atoms in total. The van der Waals surface area contributed by atoms with Crippen LogP contribution in [0.1, 0.15) is 34.1 Å². The predicted molar refractivity (Wildman–Crippen MR) is 56.4 cm³/mol. The molecule has 0 aromatic heterocycles. The van der Waals surface area contributed by atoms with Crippen molar-refractivity contribution in [1.29, 1.82) is 0 Å². The highest BCUT2D eigenvalue weighted by atomic mass is 16.5. The van der Waals surface area contributed by atoms with Crippen LogP contribution < -0.4 is 0 Å². The normalized spacial score (nSPS) is 20.8. The summed E-state index contributed by atoms with van der Waals surface area (Å²) in [7, 11) is 0. The zero-order chi connectivity index (χ0) is 9.84. The summed E-state index contributed by atoms with van der Waals surface area (Å²) in [5.41, 5.74) is 0. The zero-order valence-electron chi connectivity index (χ0n) is 9.42. The van der Waals surface area contributed by atoms with Gasteiger partial charge in [0.1, 0.15) is 0 Å². The molecule has 0 N–H and O–H groups in total. The molecule has 77 valence electrons. The van der Waals surface area contributed by atoms with Crippen molar-refractivity contribution < 1.29 is 4.74 Å². The Kier molecular flexibility index (Phi) is 4.24. The van der Waals surface area contributed by atoms with E-state index < -0.39 is 0 Å². The summed E-state index contributed by atoms with van der Waals surface area (Å²) in [4.78, 5) is 0. The Morgan fingerprint density at radius 1 is 1.23 bits per heavy atom. The van der Waals surface area contributed by atoms with Crippen molar-refractivity contribution in [2.75, 3.05) is 13.2 Å². The van der Waals surface area contributed by atoms with Gasteiger partial charge in [-0.05, 0) is 30.6 Å².